The van der Waals surface area contributed by atoms with Crippen molar-refractivity contribution in [2.75, 3.05) is 11.6 Å². The molecule has 0 aliphatic carbocycles. The van der Waals surface area contributed by atoms with Crippen LogP contribution in [0.5, 0.6) is 0 Å². The smallest absolute Gasteiger partial charge is 0.248 e. The van der Waals surface area contributed by atoms with Crippen molar-refractivity contribution in [2.45, 2.75) is 11.8 Å². The highest BCUT2D eigenvalue weighted by atomic mass is 32.2. The predicted octanol–water partition coefficient (Wildman–Crippen LogP) is 3.83. The van der Waals surface area contributed by atoms with Crippen molar-refractivity contribution in [2.24, 2.45) is 0 Å². The molecule has 98 valence electrons. The third-order valence-electron chi connectivity index (χ3n) is 2.40. The number of hydrogen-bond donors (Lipinski definition) is 1. The molecule has 1 aromatic heterocycles. The number of nitrogens with one attached hydrogen (secondary N) is 1. The van der Waals surface area contributed by atoms with Crippen molar-refractivity contribution in [3.8, 4) is 0 Å². The van der Waals surface area contributed by atoms with Gasteiger partial charge in [0, 0.05) is 22.0 Å². The fraction of sp³-hybridized carbons (Fsp3) is 0.143. The monoisotopic (exact) mass is 290 g/mol. The Bertz CT molecular complexity index is 588. The van der Waals surface area contributed by atoms with Crippen LogP contribution in [-0.4, -0.2) is 17.1 Å². The molecule has 0 unspecified atom stereocenters. The first kappa shape index (κ1) is 13.8. The molecule has 1 N–H and O–H groups in total. The number of carbonyl (C=O) groups is 1. The van der Waals surface area contributed by atoms with Crippen LogP contribution in [0.4, 0.5) is 5.69 Å². The van der Waals surface area contributed by atoms with Crippen molar-refractivity contribution in [3.05, 3.63) is 46.4 Å². The quantitative estimate of drug-likeness (QED) is 0.687. The summed E-state index contributed by atoms with van der Waals surface area (Å²) < 4.78 is 0. The Morgan fingerprint density at radius 1 is 1.37 bits per heavy atom. The number of nitrogens with zero attached hydrogens (tertiary/aromatic N) is 1. The van der Waals surface area contributed by atoms with Crippen LogP contribution in [0, 0.1) is 6.92 Å². The molecule has 0 spiro atoms. The first-order valence-electron chi connectivity index (χ1n) is 5.72. The average Bonchev–Trinajstić information content (AvgIpc) is 2.83. The van der Waals surface area contributed by atoms with Gasteiger partial charge in [0.1, 0.15) is 0 Å². The van der Waals surface area contributed by atoms with Gasteiger partial charge in [0.25, 0.3) is 0 Å². The number of hydrogen-bond acceptors (Lipinski definition) is 4. The molecule has 0 radical (unpaired) electrons. The Hall–Kier alpha value is -1.59. The standard InChI is InChI=1S/C14H14N2OS2/c1-10-15-12(9-19-10)5-8-14(17)16-11-3-6-13(18-2)7-4-11/h3-9H,1-2H3,(H,16,17)/b8-5+. The number of rotatable bonds is 4. The Labute approximate surface area is 120 Å². The van der Waals surface area contributed by atoms with E-state index >= 15 is 0 Å². The maximum absolute atomic E-state index is 11.7. The number of benzene rings is 1. The van der Waals surface area contributed by atoms with E-state index < -0.39 is 0 Å². The highest BCUT2D eigenvalue weighted by Gasteiger charge is 1.99. The molecule has 0 fully saturated rings. The molecule has 0 saturated carbocycles. The van der Waals surface area contributed by atoms with Gasteiger partial charge in [-0.15, -0.1) is 23.1 Å². The van der Waals surface area contributed by atoms with Gasteiger partial charge < -0.3 is 5.32 Å². The van der Waals surface area contributed by atoms with E-state index in [0.29, 0.717) is 0 Å². The Morgan fingerprint density at radius 2 is 2.11 bits per heavy atom. The number of aromatic nitrogens is 1. The van der Waals surface area contributed by atoms with E-state index in [4.69, 9.17) is 0 Å². The zero-order valence-electron chi connectivity index (χ0n) is 10.7. The maximum Gasteiger partial charge on any atom is 0.248 e. The summed E-state index contributed by atoms with van der Waals surface area (Å²) in [7, 11) is 0. The fourth-order valence-electron chi connectivity index (χ4n) is 1.48. The largest absolute Gasteiger partial charge is 0.323 e. The summed E-state index contributed by atoms with van der Waals surface area (Å²) in [5, 5.41) is 5.73. The molecule has 2 rings (SSSR count). The summed E-state index contributed by atoms with van der Waals surface area (Å²) in [5.41, 5.74) is 1.61. The second-order valence-corrected chi connectivity index (χ2v) is 5.78. The molecule has 3 nitrogen and oxygen atoms in total. The van der Waals surface area contributed by atoms with Crippen molar-refractivity contribution in [1.29, 1.82) is 0 Å². The molecule has 0 aliphatic heterocycles. The van der Waals surface area contributed by atoms with Crippen LogP contribution in [0.1, 0.15) is 10.7 Å². The van der Waals surface area contributed by atoms with Crippen molar-refractivity contribution in [1.82, 2.24) is 4.98 Å². The summed E-state index contributed by atoms with van der Waals surface area (Å²) in [5.74, 6) is -0.150. The van der Waals surface area contributed by atoms with Gasteiger partial charge in [0.05, 0.1) is 10.7 Å². The number of thiazole rings is 1. The molecular weight excluding hydrogens is 276 g/mol. The van der Waals surface area contributed by atoms with Gasteiger partial charge in [-0.2, -0.15) is 0 Å². The van der Waals surface area contributed by atoms with Gasteiger partial charge in [-0.05, 0) is 43.5 Å². The highest BCUT2D eigenvalue weighted by Crippen LogP contribution is 2.17. The third-order valence-corrected chi connectivity index (χ3v) is 3.94. The number of amides is 1. The highest BCUT2D eigenvalue weighted by molar-refractivity contribution is 7.98. The van der Waals surface area contributed by atoms with Crippen LogP contribution in [0.2, 0.25) is 0 Å². The molecule has 1 amide bonds. The van der Waals surface area contributed by atoms with Gasteiger partial charge in [0.2, 0.25) is 5.91 Å². The van der Waals surface area contributed by atoms with Gasteiger partial charge in [-0.25, -0.2) is 4.98 Å². The second kappa shape index (κ2) is 6.54. The lowest BCUT2D eigenvalue weighted by Crippen LogP contribution is -2.07. The minimum Gasteiger partial charge on any atom is -0.323 e. The summed E-state index contributed by atoms with van der Waals surface area (Å²) in [6.45, 7) is 1.94. The lowest BCUT2D eigenvalue weighted by atomic mass is 10.3. The SMILES string of the molecule is CSc1ccc(NC(=O)/C=C/c2csc(C)n2)cc1. The van der Waals surface area contributed by atoms with Gasteiger partial charge >= 0.3 is 0 Å². The lowest BCUT2D eigenvalue weighted by molar-refractivity contribution is -0.111. The van der Waals surface area contributed by atoms with Crippen LogP contribution in [0.15, 0.2) is 40.6 Å². The van der Waals surface area contributed by atoms with E-state index in [1.807, 2.05) is 42.8 Å². The first-order valence-corrected chi connectivity index (χ1v) is 7.83. The van der Waals surface area contributed by atoms with Gasteiger partial charge in [-0.1, -0.05) is 0 Å². The van der Waals surface area contributed by atoms with Crippen LogP contribution in [-0.2, 0) is 4.79 Å². The maximum atomic E-state index is 11.7. The average molecular weight is 290 g/mol. The molecule has 1 aromatic carbocycles. The lowest BCUT2D eigenvalue weighted by Gasteiger charge is -2.02. The normalized spacial score (nSPS) is 10.8. The van der Waals surface area contributed by atoms with Crippen LogP contribution >= 0.6 is 23.1 Å². The molecule has 0 atom stereocenters. The van der Waals surface area contributed by atoms with E-state index in [0.717, 1.165) is 16.4 Å². The fourth-order valence-corrected chi connectivity index (χ4v) is 2.46. The second-order valence-electron chi connectivity index (χ2n) is 3.84. The van der Waals surface area contributed by atoms with Crippen LogP contribution in [0.3, 0.4) is 0 Å². The summed E-state index contributed by atoms with van der Waals surface area (Å²) in [6, 6.07) is 7.75. The van der Waals surface area contributed by atoms with Crippen molar-refractivity contribution in [3.63, 3.8) is 0 Å². The number of carbonyl (C=O) groups excluding carboxylic acids is 1. The molecule has 19 heavy (non-hydrogen) atoms. The zero-order chi connectivity index (χ0) is 13.7. The van der Waals surface area contributed by atoms with Crippen LogP contribution < -0.4 is 5.32 Å². The topological polar surface area (TPSA) is 42.0 Å². The number of anilines is 1. The van der Waals surface area contributed by atoms with E-state index in [9.17, 15) is 4.79 Å². The predicted molar refractivity (Wildman–Crippen MR) is 82.7 cm³/mol. The van der Waals surface area contributed by atoms with Crippen LogP contribution in [0.25, 0.3) is 6.08 Å². The molecule has 1 heterocycles. The zero-order valence-corrected chi connectivity index (χ0v) is 12.3. The summed E-state index contributed by atoms with van der Waals surface area (Å²) in [4.78, 5) is 17.2. The Kier molecular flexibility index (Phi) is 4.76. The Morgan fingerprint density at radius 3 is 2.68 bits per heavy atom. The third kappa shape index (κ3) is 4.22. The van der Waals surface area contributed by atoms with Crippen molar-refractivity contribution >= 4 is 40.8 Å². The van der Waals surface area contributed by atoms with E-state index in [1.165, 1.54) is 11.0 Å². The van der Waals surface area contributed by atoms with E-state index in [-0.39, 0.29) is 5.91 Å². The summed E-state index contributed by atoms with van der Waals surface area (Å²) in [6.07, 6.45) is 5.23. The molecule has 0 aliphatic rings. The number of thioether (sulfide) groups is 1. The molecule has 0 bridgehead atoms. The van der Waals surface area contributed by atoms with Gasteiger partial charge in [0.15, 0.2) is 0 Å². The summed E-state index contributed by atoms with van der Waals surface area (Å²) >= 11 is 3.24. The minimum atomic E-state index is -0.150. The molecule has 0 saturated heterocycles. The minimum absolute atomic E-state index is 0.150. The van der Waals surface area contributed by atoms with E-state index in [2.05, 4.69) is 10.3 Å². The number of aryl methyl sites for hydroxylation is 1. The molecule has 2 aromatic rings. The molecular formula is C14H14N2OS2. The van der Waals surface area contributed by atoms with Crippen molar-refractivity contribution < 1.29 is 4.79 Å². The van der Waals surface area contributed by atoms with E-state index in [1.54, 1.807) is 29.2 Å². The first-order chi connectivity index (χ1) is 9.17. The van der Waals surface area contributed by atoms with Gasteiger partial charge in [-0.3, -0.25) is 4.79 Å². The Balaban J connectivity index is 1.95. The molecule has 5 heteroatoms.